The van der Waals surface area contributed by atoms with Gasteiger partial charge in [-0.05, 0) is 77.0 Å². The van der Waals surface area contributed by atoms with Crippen molar-refractivity contribution < 1.29 is 42.1 Å². The lowest BCUT2D eigenvalue weighted by Gasteiger charge is -2.28. The lowest BCUT2D eigenvalue weighted by molar-refractivity contribution is -0.870. The van der Waals surface area contributed by atoms with Crippen LogP contribution in [0.2, 0.25) is 0 Å². The molecule has 0 aromatic carbocycles. The first-order chi connectivity index (χ1) is 39.0. The molecular weight excluding hydrogens is 1010 g/mol. The van der Waals surface area contributed by atoms with Gasteiger partial charge in [0.2, 0.25) is 0 Å². The van der Waals surface area contributed by atoms with E-state index in [9.17, 15) is 19.0 Å². The Hall–Kier alpha value is -2.29. The third-order valence-electron chi connectivity index (χ3n) is 15.0. The summed E-state index contributed by atoms with van der Waals surface area (Å²) >= 11 is 0. The van der Waals surface area contributed by atoms with E-state index in [1.807, 2.05) is 21.1 Å². The van der Waals surface area contributed by atoms with Crippen molar-refractivity contribution in [3.63, 3.8) is 0 Å². The van der Waals surface area contributed by atoms with E-state index in [0.717, 1.165) is 64.2 Å². The first kappa shape index (κ1) is 77.7. The molecule has 2 atom stereocenters. The maximum absolute atomic E-state index is 12.9. The molecule has 0 radical (unpaired) electrons. The van der Waals surface area contributed by atoms with Gasteiger partial charge in [-0.3, -0.25) is 14.2 Å². The van der Waals surface area contributed by atoms with E-state index in [0.29, 0.717) is 17.4 Å². The van der Waals surface area contributed by atoms with Gasteiger partial charge in [-0.25, -0.2) is 0 Å². The SMILES string of the molecule is CC/C=C\C/C=C\C/C=C\C/C=C\CCCCCCCCCCCCCCCCC(=O)OC(COC(=O)CCCCCCCCCCCCCCCCCCC/C=C\CCCCCCCCCC)COP(=O)([O-])OCC[N+](C)(C)C. The van der Waals surface area contributed by atoms with Crippen LogP contribution in [0, 0.1) is 0 Å². The standard InChI is InChI=1S/C70H130NO8P/c1-6-8-10-12-14-16-18-20-22-24-26-28-30-32-34-35-37-38-40-42-44-46-48-50-52-54-56-58-60-62-69(72)76-66-68(67-78-80(74,75)77-65-64-71(3,4)5)79-70(73)63-61-59-57-55-53-51-49-47-45-43-41-39-36-33-31-29-27-25-23-21-19-17-15-13-11-9-7-2/h9,11,15,17,21,23-24,26-27,29,68H,6-8,10,12-14,16,18-20,22,25,28,30-67H2,1-5H3/b11-9-,17-15-,23-21-,26-24-,29-27-. The first-order valence-corrected chi connectivity index (χ1v) is 35.5. The molecule has 0 bridgehead atoms. The van der Waals surface area contributed by atoms with Gasteiger partial charge in [-0.1, -0.05) is 293 Å². The van der Waals surface area contributed by atoms with Crippen LogP contribution in [-0.4, -0.2) is 70.0 Å². The summed E-state index contributed by atoms with van der Waals surface area (Å²) in [7, 11) is 1.18. The molecule has 0 saturated heterocycles. The first-order valence-electron chi connectivity index (χ1n) is 34.0. The number of hydrogen-bond acceptors (Lipinski definition) is 8. The molecule has 0 heterocycles. The van der Waals surface area contributed by atoms with E-state index in [4.69, 9.17) is 18.5 Å². The van der Waals surface area contributed by atoms with Crippen molar-refractivity contribution in [2.75, 3.05) is 47.5 Å². The van der Waals surface area contributed by atoms with Crippen LogP contribution < -0.4 is 4.89 Å². The van der Waals surface area contributed by atoms with Crippen molar-refractivity contribution in [1.29, 1.82) is 0 Å². The minimum absolute atomic E-state index is 0.0305. The molecule has 0 aliphatic heterocycles. The average molecular weight is 1140 g/mol. The molecule has 10 heteroatoms. The largest absolute Gasteiger partial charge is 0.756 e. The molecule has 0 fully saturated rings. The van der Waals surface area contributed by atoms with E-state index < -0.39 is 26.5 Å². The van der Waals surface area contributed by atoms with Gasteiger partial charge in [0, 0.05) is 12.8 Å². The summed E-state index contributed by atoms with van der Waals surface area (Å²) in [5.74, 6) is -0.820. The molecule has 0 aromatic heterocycles. The molecule has 0 saturated carbocycles. The molecular formula is C70H130NO8P. The Balaban J connectivity index is 4.03. The fourth-order valence-corrected chi connectivity index (χ4v) is 10.6. The summed E-state index contributed by atoms with van der Waals surface area (Å²) in [6, 6.07) is 0. The smallest absolute Gasteiger partial charge is 0.306 e. The van der Waals surface area contributed by atoms with Crippen LogP contribution in [0.3, 0.4) is 0 Å². The van der Waals surface area contributed by atoms with Crippen molar-refractivity contribution in [1.82, 2.24) is 0 Å². The van der Waals surface area contributed by atoms with Gasteiger partial charge >= 0.3 is 11.9 Å². The Morgan fingerprint density at radius 2 is 0.713 bits per heavy atom. The molecule has 0 amide bonds. The number of carbonyl (C=O) groups is 2. The zero-order valence-electron chi connectivity index (χ0n) is 53.3. The van der Waals surface area contributed by atoms with Crippen LogP contribution in [0.25, 0.3) is 0 Å². The summed E-state index contributed by atoms with van der Waals surface area (Å²) < 4.78 is 34.3. The number of carbonyl (C=O) groups excluding carboxylic acids is 2. The highest BCUT2D eigenvalue weighted by Gasteiger charge is 2.22. The predicted octanol–water partition coefficient (Wildman–Crippen LogP) is 21.2. The number of rotatable bonds is 63. The number of esters is 2. The average Bonchev–Trinajstić information content (AvgIpc) is 3.42. The van der Waals surface area contributed by atoms with Gasteiger partial charge in [0.15, 0.2) is 6.10 Å². The molecule has 0 aliphatic rings. The topological polar surface area (TPSA) is 111 Å². The van der Waals surface area contributed by atoms with Crippen LogP contribution in [0.4, 0.5) is 0 Å². The monoisotopic (exact) mass is 1140 g/mol. The van der Waals surface area contributed by atoms with E-state index in [1.165, 1.54) is 225 Å². The Kier molecular flexibility index (Phi) is 59.5. The van der Waals surface area contributed by atoms with Crippen LogP contribution in [0.15, 0.2) is 60.8 Å². The van der Waals surface area contributed by atoms with Gasteiger partial charge in [-0.2, -0.15) is 0 Å². The van der Waals surface area contributed by atoms with Crippen molar-refractivity contribution in [3.05, 3.63) is 60.8 Å². The third-order valence-corrected chi connectivity index (χ3v) is 16.0. The third kappa shape index (κ3) is 64.9. The van der Waals surface area contributed by atoms with E-state index in [1.54, 1.807) is 0 Å². The summed E-state index contributed by atoms with van der Waals surface area (Å²) in [6.45, 7) is 4.18. The zero-order valence-corrected chi connectivity index (χ0v) is 54.2. The number of ether oxygens (including phenoxy) is 2. The van der Waals surface area contributed by atoms with Crippen LogP contribution >= 0.6 is 7.82 Å². The Morgan fingerprint density at radius 1 is 0.400 bits per heavy atom. The van der Waals surface area contributed by atoms with Crippen LogP contribution in [0.5, 0.6) is 0 Å². The Bertz CT molecular complexity index is 1530. The van der Waals surface area contributed by atoms with E-state index in [2.05, 4.69) is 74.6 Å². The molecule has 9 nitrogen and oxygen atoms in total. The minimum atomic E-state index is -4.64. The highest BCUT2D eigenvalue weighted by Crippen LogP contribution is 2.38. The van der Waals surface area contributed by atoms with Crippen molar-refractivity contribution in [3.8, 4) is 0 Å². The molecule has 0 N–H and O–H groups in total. The fourth-order valence-electron chi connectivity index (χ4n) is 9.82. The highest BCUT2D eigenvalue weighted by molar-refractivity contribution is 7.45. The maximum atomic E-state index is 12.9. The predicted molar refractivity (Wildman–Crippen MR) is 342 cm³/mol. The second kappa shape index (κ2) is 61.3. The molecule has 0 aromatic rings. The lowest BCUT2D eigenvalue weighted by atomic mass is 10.0. The van der Waals surface area contributed by atoms with Gasteiger partial charge < -0.3 is 27.9 Å². The zero-order chi connectivity index (χ0) is 58.4. The summed E-state index contributed by atoms with van der Waals surface area (Å²) in [6.07, 6.45) is 80.1. The summed E-state index contributed by atoms with van der Waals surface area (Å²) in [5.41, 5.74) is 0. The summed E-state index contributed by atoms with van der Waals surface area (Å²) in [5, 5.41) is 0. The number of likely N-dealkylation sites (N-methyl/N-ethyl adjacent to an activating group) is 1. The number of nitrogens with zero attached hydrogens (tertiary/aromatic N) is 1. The quantitative estimate of drug-likeness (QED) is 0.0195. The molecule has 2 unspecified atom stereocenters. The van der Waals surface area contributed by atoms with Gasteiger partial charge in [-0.15, -0.1) is 0 Å². The molecule has 468 valence electrons. The van der Waals surface area contributed by atoms with Gasteiger partial charge in [0.25, 0.3) is 7.82 Å². The minimum Gasteiger partial charge on any atom is -0.756 e. The molecule has 0 rings (SSSR count). The summed E-state index contributed by atoms with van der Waals surface area (Å²) in [4.78, 5) is 38.0. The van der Waals surface area contributed by atoms with Crippen LogP contribution in [0.1, 0.15) is 322 Å². The van der Waals surface area contributed by atoms with Gasteiger partial charge in [0.1, 0.15) is 19.8 Å². The van der Waals surface area contributed by atoms with E-state index >= 15 is 0 Å². The van der Waals surface area contributed by atoms with Gasteiger partial charge in [0.05, 0.1) is 27.7 Å². The highest BCUT2D eigenvalue weighted by atomic mass is 31.2. The molecule has 0 spiro atoms. The second-order valence-electron chi connectivity index (χ2n) is 24.2. The Morgan fingerprint density at radius 3 is 1.07 bits per heavy atom. The number of unbranched alkanes of at least 4 members (excludes halogenated alkanes) is 39. The lowest BCUT2D eigenvalue weighted by Crippen LogP contribution is -2.37. The number of allylic oxidation sites excluding steroid dienone is 10. The van der Waals surface area contributed by atoms with E-state index in [-0.39, 0.29) is 32.0 Å². The normalized spacial score (nSPS) is 13.5. The maximum Gasteiger partial charge on any atom is 0.306 e. The Labute approximate surface area is 496 Å². The number of phosphoric ester groups is 1. The molecule has 80 heavy (non-hydrogen) atoms. The second-order valence-corrected chi connectivity index (χ2v) is 25.6. The fraction of sp³-hybridized carbons (Fsp3) is 0.829. The van der Waals surface area contributed by atoms with Crippen molar-refractivity contribution in [2.45, 2.75) is 328 Å². The molecule has 0 aliphatic carbocycles. The van der Waals surface area contributed by atoms with Crippen molar-refractivity contribution in [2.24, 2.45) is 0 Å². The number of quaternary nitrogens is 1. The van der Waals surface area contributed by atoms with Crippen molar-refractivity contribution >= 4 is 19.8 Å². The number of hydrogen-bond donors (Lipinski definition) is 0. The van der Waals surface area contributed by atoms with Crippen LogP contribution in [-0.2, 0) is 32.7 Å². The number of phosphoric acid groups is 1.